The minimum Gasteiger partial charge on any atom is -0.363 e. The minimum atomic E-state index is -0.126. The molecular weight excluding hydrogens is 304 g/mol. The van der Waals surface area contributed by atoms with Crippen LogP contribution in [0.1, 0.15) is 23.3 Å². The largest absolute Gasteiger partial charge is 0.363 e. The first-order valence-electron chi connectivity index (χ1n) is 8.09. The highest BCUT2D eigenvalue weighted by Gasteiger charge is 2.23. The first-order valence-corrected chi connectivity index (χ1v) is 8.09. The SMILES string of the molecule is CN(C)c1cc(N2CCC[C@@H](NC(=O)c3ccccn3)C2)ncn1. The quantitative estimate of drug-likeness (QED) is 0.914. The molecule has 2 aromatic rings. The normalized spacial score (nSPS) is 17.4. The molecule has 0 aromatic carbocycles. The fraction of sp³-hybridized carbons (Fsp3) is 0.412. The van der Waals surface area contributed by atoms with E-state index in [-0.39, 0.29) is 11.9 Å². The van der Waals surface area contributed by atoms with Crippen LogP contribution in [-0.2, 0) is 0 Å². The number of rotatable bonds is 4. The zero-order valence-electron chi connectivity index (χ0n) is 14.0. The van der Waals surface area contributed by atoms with Gasteiger partial charge in [0.05, 0.1) is 0 Å². The first kappa shape index (κ1) is 16.2. The molecule has 24 heavy (non-hydrogen) atoms. The molecular formula is C17H22N6O. The van der Waals surface area contributed by atoms with Gasteiger partial charge in [0, 0.05) is 45.5 Å². The van der Waals surface area contributed by atoms with E-state index in [1.54, 1.807) is 24.7 Å². The number of carbonyl (C=O) groups excluding carboxylic acids is 1. The molecule has 0 saturated carbocycles. The van der Waals surface area contributed by atoms with E-state index in [1.165, 1.54) is 0 Å². The Hall–Kier alpha value is -2.70. The number of pyridine rings is 1. The zero-order chi connectivity index (χ0) is 16.9. The summed E-state index contributed by atoms with van der Waals surface area (Å²) in [5.74, 6) is 1.64. The van der Waals surface area contributed by atoms with Crippen molar-refractivity contribution < 1.29 is 4.79 Å². The second-order valence-electron chi connectivity index (χ2n) is 6.10. The van der Waals surface area contributed by atoms with Crippen LogP contribution in [0.25, 0.3) is 0 Å². The van der Waals surface area contributed by atoms with Crippen LogP contribution in [-0.4, -0.2) is 54.1 Å². The first-order chi connectivity index (χ1) is 11.6. The van der Waals surface area contributed by atoms with Crippen molar-refractivity contribution in [3.05, 3.63) is 42.5 Å². The lowest BCUT2D eigenvalue weighted by molar-refractivity contribution is 0.0928. The van der Waals surface area contributed by atoms with Crippen molar-refractivity contribution in [2.45, 2.75) is 18.9 Å². The number of anilines is 2. The lowest BCUT2D eigenvalue weighted by atomic mass is 10.1. The van der Waals surface area contributed by atoms with Crippen molar-refractivity contribution >= 4 is 17.5 Å². The smallest absolute Gasteiger partial charge is 0.270 e. The van der Waals surface area contributed by atoms with Gasteiger partial charge in [-0.3, -0.25) is 9.78 Å². The molecule has 126 valence electrons. The third-order valence-corrected chi connectivity index (χ3v) is 4.07. The van der Waals surface area contributed by atoms with Crippen LogP contribution < -0.4 is 15.1 Å². The summed E-state index contributed by atoms with van der Waals surface area (Å²) in [7, 11) is 3.91. The number of carbonyl (C=O) groups is 1. The van der Waals surface area contributed by atoms with Crippen LogP contribution in [0.2, 0.25) is 0 Å². The molecule has 0 spiro atoms. The Bertz CT molecular complexity index is 690. The maximum Gasteiger partial charge on any atom is 0.270 e. The third-order valence-electron chi connectivity index (χ3n) is 4.07. The lowest BCUT2D eigenvalue weighted by Crippen LogP contribution is -2.48. The monoisotopic (exact) mass is 326 g/mol. The fourth-order valence-corrected chi connectivity index (χ4v) is 2.81. The Morgan fingerprint density at radius 1 is 1.29 bits per heavy atom. The molecule has 3 heterocycles. The molecule has 0 bridgehead atoms. The van der Waals surface area contributed by atoms with Crippen molar-refractivity contribution in [1.82, 2.24) is 20.3 Å². The number of hydrogen-bond donors (Lipinski definition) is 1. The van der Waals surface area contributed by atoms with Crippen LogP contribution in [0.3, 0.4) is 0 Å². The summed E-state index contributed by atoms with van der Waals surface area (Å²) in [6.07, 6.45) is 5.18. The molecule has 2 aromatic heterocycles. The van der Waals surface area contributed by atoms with E-state index in [2.05, 4.69) is 25.2 Å². The summed E-state index contributed by atoms with van der Waals surface area (Å²) in [5.41, 5.74) is 0.451. The van der Waals surface area contributed by atoms with Gasteiger partial charge in [-0.1, -0.05) is 6.07 Å². The molecule has 1 fully saturated rings. The topological polar surface area (TPSA) is 74.2 Å². The number of aromatic nitrogens is 3. The second-order valence-corrected chi connectivity index (χ2v) is 6.10. The number of nitrogens with zero attached hydrogens (tertiary/aromatic N) is 5. The van der Waals surface area contributed by atoms with E-state index < -0.39 is 0 Å². The molecule has 0 unspecified atom stereocenters. The predicted molar refractivity (Wildman–Crippen MR) is 93.3 cm³/mol. The molecule has 1 aliphatic rings. The van der Waals surface area contributed by atoms with Gasteiger partial charge in [-0.2, -0.15) is 0 Å². The van der Waals surface area contributed by atoms with E-state index in [1.807, 2.05) is 31.1 Å². The molecule has 1 atom stereocenters. The van der Waals surface area contributed by atoms with E-state index in [0.29, 0.717) is 5.69 Å². The van der Waals surface area contributed by atoms with E-state index >= 15 is 0 Å². The Labute approximate surface area is 141 Å². The highest BCUT2D eigenvalue weighted by Crippen LogP contribution is 2.20. The standard InChI is InChI=1S/C17H22N6O/c1-22(2)15-10-16(20-12-19-15)23-9-5-6-13(11-23)21-17(24)14-7-3-4-8-18-14/h3-4,7-8,10,12-13H,5-6,9,11H2,1-2H3,(H,21,24)/t13-/m1/s1. The maximum atomic E-state index is 12.3. The van der Waals surface area contributed by atoms with Gasteiger partial charge in [0.15, 0.2) is 0 Å². The van der Waals surface area contributed by atoms with Gasteiger partial charge < -0.3 is 15.1 Å². The Balaban J connectivity index is 1.66. The van der Waals surface area contributed by atoms with Crippen LogP contribution in [0.5, 0.6) is 0 Å². The average molecular weight is 326 g/mol. The fourth-order valence-electron chi connectivity index (χ4n) is 2.81. The Kier molecular flexibility index (Phi) is 4.88. The summed E-state index contributed by atoms with van der Waals surface area (Å²) < 4.78 is 0. The molecule has 0 radical (unpaired) electrons. The highest BCUT2D eigenvalue weighted by molar-refractivity contribution is 5.92. The van der Waals surface area contributed by atoms with Gasteiger partial charge in [0.1, 0.15) is 23.7 Å². The van der Waals surface area contributed by atoms with Gasteiger partial charge in [0.25, 0.3) is 5.91 Å². The zero-order valence-corrected chi connectivity index (χ0v) is 14.0. The Morgan fingerprint density at radius 3 is 2.92 bits per heavy atom. The molecule has 1 saturated heterocycles. The number of piperidine rings is 1. The molecule has 0 aliphatic carbocycles. The minimum absolute atomic E-state index is 0.0889. The van der Waals surface area contributed by atoms with Gasteiger partial charge in [0.2, 0.25) is 0 Å². The van der Waals surface area contributed by atoms with Crippen molar-refractivity contribution in [2.75, 3.05) is 37.0 Å². The second kappa shape index (κ2) is 7.25. The van der Waals surface area contributed by atoms with Crippen LogP contribution in [0, 0.1) is 0 Å². The molecule has 7 heteroatoms. The third kappa shape index (κ3) is 3.79. The summed E-state index contributed by atoms with van der Waals surface area (Å²) >= 11 is 0. The van der Waals surface area contributed by atoms with E-state index in [9.17, 15) is 4.79 Å². The summed E-state index contributed by atoms with van der Waals surface area (Å²) in [5, 5.41) is 3.08. The van der Waals surface area contributed by atoms with Crippen LogP contribution >= 0.6 is 0 Å². The average Bonchev–Trinajstić information content (AvgIpc) is 2.63. The van der Waals surface area contributed by atoms with Crippen molar-refractivity contribution in [3.8, 4) is 0 Å². The van der Waals surface area contributed by atoms with Crippen molar-refractivity contribution in [3.63, 3.8) is 0 Å². The number of amides is 1. The summed E-state index contributed by atoms with van der Waals surface area (Å²) in [6.45, 7) is 1.67. The van der Waals surface area contributed by atoms with Gasteiger partial charge >= 0.3 is 0 Å². The number of hydrogen-bond acceptors (Lipinski definition) is 6. The summed E-state index contributed by atoms with van der Waals surface area (Å²) in [4.78, 5) is 29.2. The van der Waals surface area contributed by atoms with Crippen LogP contribution in [0.4, 0.5) is 11.6 Å². The molecule has 1 N–H and O–H groups in total. The van der Waals surface area contributed by atoms with Crippen molar-refractivity contribution in [1.29, 1.82) is 0 Å². The molecule has 7 nitrogen and oxygen atoms in total. The molecule has 3 rings (SSSR count). The maximum absolute atomic E-state index is 12.3. The lowest BCUT2D eigenvalue weighted by Gasteiger charge is -2.34. The van der Waals surface area contributed by atoms with Gasteiger partial charge in [-0.05, 0) is 25.0 Å². The highest BCUT2D eigenvalue weighted by atomic mass is 16.1. The van der Waals surface area contributed by atoms with Gasteiger partial charge in [-0.25, -0.2) is 9.97 Å². The van der Waals surface area contributed by atoms with E-state index in [0.717, 1.165) is 37.6 Å². The summed E-state index contributed by atoms with van der Waals surface area (Å²) in [6, 6.07) is 7.41. The van der Waals surface area contributed by atoms with Crippen molar-refractivity contribution in [2.24, 2.45) is 0 Å². The molecule has 1 aliphatic heterocycles. The number of nitrogens with one attached hydrogen (secondary N) is 1. The predicted octanol–water partition coefficient (Wildman–Crippen LogP) is 1.34. The molecule has 1 amide bonds. The van der Waals surface area contributed by atoms with Gasteiger partial charge in [-0.15, -0.1) is 0 Å². The van der Waals surface area contributed by atoms with Crippen LogP contribution in [0.15, 0.2) is 36.8 Å². The van der Waals surface area contributed by atoms with E-state index in [4.69, 9.17) is 0 Å². The Morgan fingerprint density at radius 2 is 2.17 bits per heavy atom.